The van der Waals surface area contributed by atoms with E-state index in [1.54, 1.807) is 13.0 Å². The first-order valence-corrected chi connectivity index (χ1v) is 5.91. The number of benzene rings is 1. The molecule has 5 heteroatoms. The summed E-state index contributed by atoms with van der Waals surface area (Å²) in [5.41, 5.74) is 0.812. The van der Waals surface area contributed by atoms with E-state index in [9.17, 15) is 5.11 Å². The number of aryl methyl sites for hydroxylation is 1. The summed E-state index contributed by atoms with van der Waals surface area (Å²) in [7, 11) is 0. The van der Waals surface area contributed by atoms with Gasteiger partial charge in [-0.3, -0.25) is 0 Å². The van der Waals surface area contributed by atoms with Crippen molar-refractivity contribution in [2.45, 2.75) is 33.0 Å². The van der Waals surface area contributed by atoms with Crippen molar-refractivity contribution >= 4 is 0 Å². The van der Waals surface area contributed by atoms with Gasteiger partial charge in [-0.2, -0.15) is 4.98 Å². The van der Waals surface area contributed by atoms with Crippen LogP contribution in [0.4, 0.5) is 0 Å². The molecule has 0 spiro atoms. The van der Waals surface area contributed by atoms with Crippen molar-refractivity contribution in [1.29, 1.82) is 0 Å². The van der Waals surface area contributed by atoms with E-state index in [1.165, 1.54) is 0 Å². The van der Waals surface area contributed by atoms with Gasteiger partial charge in [-0.25, -0.2) is 0 Å². The Kier molecular flexibility index (Phi) is 3.94. The fraction of sp³-hybridized carbons (Fsp3) is 0.385. The zero-order valence-corrected chi connectivity index (χ0v) is 10.5. The molecule has 1 aromatic heterocycles. The van der Waals surface area contributed by atoms with Crippen LogP contribution in [0, 0.1) is 0 Å². The molecule has 0 aliphatic rings. The van der Waals surface area contributed by atoms with Gasteiger partial charge >= 0.3 is 0 Å². The summed E-state index contributed by atoms with van der Waals surface area (Å²) in [4.78, 5) is 4.15. The summed E-state index contributed by atoms with van der Waals surface area (Å²) in [6, 6.07) is 7.30. The molecule has 0 radical (unpaired) electrons. The lowest BCUT2D eigenvalue weighted by Crippen LogP contribution is -1.97. The molecule has 0 bridgehead atoms. The van der Waals surface area contributed by atoms with Gasteiger partial charge in [0.15, 0.2) is 12.4 Å². The predicted octanol–water partition coefficient (Wildman–Crippen LogP) is 2.26. The highest BCUT2D eigenvalue weighted by Gasteiger charge is 2.06. The van der Waals surface area contributed by atoms with Crippen molar-refractivity contribution in [2.75, 3.05) is 0 Å². The molecule has 1 heterocycles. The second-order valence-corrected chi connectivity index (χ2v) is 4.00. The lowest BCUT2D eigenvalue weighted by atomic mass is 10.1. The monoisotopic (exact) mass is 248 g/mol. The number of aliphatic hydroxyl groups is 1. The van der Waals surface area contributed by atoms with Crippen LogP contribution in [0.2, 0.25) is 0 Å². The third-order valence-electron chi connectivity index (χ3n) is 2.53. The number of aromatic nitrogens is 2. The quantitative estimate of drug-likeness (QED) is 0.879. The largest absolute Gasteiger partial charge is 0.484 e. The Morgan fingerprint density at radius 1 is 1.44 bits per heavy atom. The van der Waals surface area contributed by atoms with E-state index >= 15 is 0 Å². The fourth-order valence-electron chi connectivity index (χ4n) is 1.50. The highest BCUT2D eigenvalue weighted by atomic mass is 16.5. The first-order valence-electron chi connectivity index (χ1n) is 5.91. The molecule has 0 fully saturated rings. The van der Waals surface area contributed by atoms with Gasteiger partial charge in [-0.1, -0.05) is 24.2 Å². The Balaban J connectivity index is 1.99. The maximum atomic E-state index is 9.47. The third kappa shape index (κ3) is 3.07. The van der Waals surface area contributed by atoms with Crippen LogP contribution in [0.5, 0.6) is 5.75 Å². The average molecular weight is 248 g/mol. The van der Waals surface area contributed by atoms with E-state index in [0.29, 0.717) is 17.5 Å². The van der Waals surface area contributed by atoms with Gasteiger partial charge in [-0.15, -0.1) is 0 Å². The summed E-state index contributed by atoms with van der Waals surface area (Å²) >= 11 is 0. The summed E-state index contributed by atoms with van der Waals surface area (Å²) < 4.78 is 10.6. The first kappa shape index (κ1) is 12.6. The minimum absolute atomic E-state index is 0.232. The van der Waals surface area contributed by atoms with E-state index in [-0.39, 0.29) is 6.61 Å². The second-order valence-electron chi connectivity index (χ2n) is 4.00. The van der Waals surface area contributed by atoms with Crippen LogP contribution in [0.15, 0.2) is 28.8 Å². The molecule has 1 atom stereocenters. The van der Waals surface area contributed by atoms with E-state index in [0.717, 1.165) is 12.0 Å². The van der Waals surface area contributed by atoms with Crippen LogP contribution < -0.4 is 4.74 Å². The van der Waals surface area contributed by atoms with Crippen LogP contribution in [0.25, 0.3) is 0 Å². The molecule has 5 nitrogen and oxygen atoms in total. The molecule has 0 unspecified atom stereocenters. The van der Waals surface area contributed by atoms with Gasteiger partial charge in [0.2, 0.25) is 0 Å². The molecule has 96 valence electrons. The van der Waals surface area contributed by atoms with Crippen molar-refractivity contribution in [3.05, 3.63) is 41.5 Å². The molecule has 0 amide bonds. The predicted molar refractivity (Wildman–Crippen MR) is 65.1 cm³/mol. The van der Waals surface area contributed by atoms with Gasteiger partial charge < -0.3 is 14.4 Å². The van der Waals surface area contributed by atoms with Gasteiger partial charge in [0, 0.05) is 6.42 Å². The van der Waals surface area contributed by atoms with Crippen molar-refractivity contribution in [1.82, 2.24) is 10.1 Å². The maximum Gasteiger partial charge on any atom is 0.264 e. The molecule has 1 aromatic carbocycles. The number of rotatable bonds is 5. The Bertz CT molecular complexity index is 508. The van der Waals surface area contributed by atoms with Crippen molar-refractivity contribution in [2.24, 2.45) is 0 Å². The minimum atomic E-state index is -0.511. The fourth-order valence-corrected chi connectivity index (χ4v) is 1.50. The Hall–Kier alpha value is -1.88. The summed E-state index contributed by atoms with van der Waals surface area (Å²) in [6.45, 7) is 3.91. The molecule has 0 saturated heterocycles. The van der Waals surface area contributed by atoms with Crippen LogP contribution in [0.3, 0.4) is 0 Å². The Morgan fingerprint density at radius 3 is 2.94 bits per heavy atom. The van der Waals surface area contributed by atoms with Gasteiger partial charge in [0.05, 0.1) is 6.10 Å². The lowest BCUT2D eigenvalue weighted by molar-refractivity contribution is 0.197. The number of nitrogens with zero attached hydrogens (tertiary/aromatic N) is 2. The van der Waals surface area contributed by atoms with Gasteiger partial charge in [0.1, 0.15) is 5.75 Å². The third-order valence-corrected chi connectivity index (χ3v) is 2.53. The zero-order chi connectivity index (χ0) is 13.0. The van der Waals surface area contributed by atoms with E-state index in [2.05, 4.69) is 10.1 Å². The van der Waals surface area contributed by atoms with Crippen LogP contribution >= 0.6 is 0 Å². The molecule has 0 saturated carbocycles. The van der Waals surface area contributed by atoms with E-state index < -0.39 is 6.10 Å². The van der Waals surface area contributed by atoms with Crippen molar-refractivity contribution in [3.8, 4) is 5.75 Å². The maximum absolute atomic E-state index is 9.47. The van der Waals surface area contributed by atoms with Gasteiger partial charge in [0.25, 0.3) is 5.89 Å². The first-order chi connectivity index (χ1) is 8.69. The highest BCUT2D eigenvalue weighted by Crippen LogP contribution is 2.19. The molecule has 1 N–H and O–H groups in total. The molecular formula is C13H16N2O3. The Labute approximate surface area is 105 Å². The average Bonchev–Trinajstić information content (AvgIpc) is 2.84. The topological polar surface area (TPSA) is 68.4 Å². The SMILES string of the molecule is CCc1noc(COc2cccc([C@@H](C)O)c2)n1. The number of aliphatic hydroxyl groups excluding tert-OH is 1. The summed E-state index contributed by atoms with van der Waals surface area (Å²) in [6.07, 6.45) is 0.227. The number of hydrogen-bond donors (Lipinski definition) is 1. The molecule has 18 heavy (non-hydrogen) atoms. The van der Waals surface area contributed by atoms with E-state index in [4.69, 9.17) is 9.26 Å². The smallest absolute Gasteiger partial charge is 0.264 e. The normalized spacial score (nSPS) is 12.4. The standard InChI is InChI=1S/C13H16N2O3/c1-3-12-14-13(18-15-12)8-17-11-6-4-5-10(7-11)9(2)16/h4-7,9,16H,3,8H2,1-2H3/t9-/m1/s1. The molecule has 2 aromatic rings. The van der Waals surface area contributed by atoms with Crippen LogP contribution in [-0.2, 0) is 13.0 Å². The molecule has 2 rings (SSSR count). The minimum Gasteiger partial charge on any atom is -0.484 e. The van der Waals surface area contributed by atoms with Crippen molar-refractivity contribution < 1.29 is 14.4 Å². The van der Waals surface area contributed by atoms with Crippen molar-refractivity contribution in [3.63, 3.8) is 0 Å². The highest BCUT2D eigenvalue weighted by molar-refractivity contribution is 5.29. The lowest BCUT2D eigenvalue weighted by Gasteiger charge is -2.07. The molecule has 0 aliphatic heterocycles. The summed E-state index contributed by atoms with van der Waals surface area (Å²) in [5, 5.41) is 13.3. The molecule has 0 aliphatic carbocycles. The van der Waals surface area contributed by atoms with Gasteiger partial charge in [-0.05, 0) is 24.6 Å². The Morgan fingerprint density at radius 2 is 2.28 bits per heavy atom. The number of hydrogen-bond acceptors (Lipinski definition) is 5. The number of ether oxygens (including phenoxy) is 1. The van der Waals surface area contributed by atoms with Crippen LogP contribution in [0.1, 0.15) is 37.2 Å². The van der Waals surface area contributed by atoms with E-state index in [1.807, 2.05) is 25.1 Å². The summed E-state index contributed by atoms with van der Waals surface area (Å²) in [5.74, 6) is 1.80. The second kappa shape index (κ2) is 5.64. The zero-order valence-electron chi connectivity index (χ0n) is 10.5. The van der Waals surface area contributed by atoms with Crippen LogP contribution in [-0.4, -0.2) is 15.2 Å². The molecular weight excluding hydrogens is 232 g/mol.